The zero-order chi connectivity index (χ0) is 17.5. The van der Waals surface area contributed by atoms with Crippen LogP contribution in [0, 0.1) is 0 Å². The maximum absolute atomic E-state index is 11.5. The number of nitrogens with zero attached hydrogens (tertiary/aromatic N) is 3. The summed E-state index contributed by atoms with van der Waals surface area (Å²) in [6.07, 6.45) is 1.70. The molecule has 1 heterocycles. The molecule has 0 aliphatic rings. The third kappa shape index (κ3) is 4.13. The van der Waals surface area contributed by atoms with Crippen molar-refractivity contribution in [3.05, 3.63) is 36.9 Å². The van der Waals surface area contributed by atoms with Crippen LogP contribution < -0.4 is 15.8 Å². The number of nitrogens with one attached hydrogen (secondary N) is 1. The van der Waals surface area contributed by atoms with Gasteiger partial charge in [-0.1, -0.05) is 30.0 Å². The Labute approximate surface area is 143 Å². The second-order valence-corrected chi connectivity index (χ2v) is 5.55. The number of thioether (sulfide) groups is 1. The lowest BCUT2D eigenvalue weighted by molar-refractivity contribution is -0.117. The third-order valence-corrected chi connectivity index (χ3v) is 3.94. The van der Waals surface area contributed by atoms with Gasteiger partial charge in [-0.2, -0.15) is 0 Å². The Morgan fingerprint density at radius 2 is 2.17 bits per heavy atom. The number of methoxy groups -OCH3 is 1. The largest absolute Gasteiger partial charge is 0.496 e. The minimum atomic E-state index is -0.886. The van der Waals surface area contributed by atoms with Gasteiger partial charge in [0.15, 0.2) is 11.0 Å². The van der Waals surface area contributed by atoms with Gasteiger partial charge in [0.1, 0.15) is 5.75 Å². The molecule has 0 spiro atoms. The Morgan fingerprint density at radius 1 is 1.42 bits per heavy atom. The van der Waals surface area contributed by atoms with Gasteiger partial charge in [0.2, 0.25) is 5.91 Å². The first-order valence-electron chi connectivity index (χ1n) is 6.96. The highest BCUT2D eigenvalue weighted by atomic mass is 32.2. The SMILES string of the molecule is C=CCn1c(SCC(=O)NC(N)=O)nnc1-c1ccccc1OC. The summed E-state index contributed by atoms with van der Waals surface area (Å²) in [5.74, 6) is 0.757. The highest BCUT2D eigenvalue weighted by Gasteiger charge is 2.17. The van der Waals surface area contributed by atoms with E-state index >= 15 is 0 Å². The van der Waals surface area contributed by atoms with Gasteiger partial charge in [-0.15, -0.1) is 16.8 Å². The van der Waals surface area contributed by atoms with Crippen molar-refractivity contribution in [2.45, 2.75) is 11.7 Å². The zero-order valence-corrected chi connectivity index (χ0v) is 13.9. The lowest BCUT2D eigenvalue weighted by atomic mass is 10.2. The molecule has 3 amide bonds. The number of nitrogens with two attached hydrogens (primary N) is 1. The van der Waals surface area contributed by atoms with Crippen molar-refractivity contribution in [3.63, 3.8) is 0 Å². The molecule has 126 valence electrons. The first-order valence-corrected chi connectivity index (χ1v) is 7.95. The quantitative estimate of drug-likeness (QED) is 0.579. The normalized spacial score (nSPS) is 10.2. The molecule has 24 heavy (non-hydrogen) atoms. The molecule has 8 nitrogen and oxygen atoms in total. The van der Waals surface area contributed by atoms with Gasteiger partial charge in [-0.05, 0) is 12.1 Å². The number of hydrogen-bond acceptors (Lipinski definition) is 6. The number of ether oxygens (including phenoxy) is 1. The van der Waals surface area contributed by atoms with Crippen molar-refractivity contribution in [1.82, 2.24) is 20.1 Å². The number of para-hydroxylation sites is 1. The molecule has 0 atom stereocenters. The molecule has 0 saturated heterocycles. The number of carbonyl (C=O) groups excluding carboxylic acids is 2. The monoisotopic (exact) mass is 347 g/mol. The predicted molar refractivity (Wildman–Crippen MR) is 90.7 cm³/mol. The molecular formula is C15H17N5O3S. The van der Waals surface area contributed by atoms with Gasteiger partial charge >= 0.3 is 6.03 Å². The summed E-state index contributed by atoms with van der Waals surface area (Å²) in [6.45, 7) is 4.19. The van der Waals surface area contributed by atoms with E-state index in [1.807, 2.05) is 34.1 Å². The van der Waals surface area contributed by atoms with Crippen molar-refractivity contribution < 1.29 is 14.3 Å². The summed E-state index contributed by atoms with van der Waals surface area (Å²) in [6, 6.07) is 6.55. The van der Waals surface area contributed by atoms with Crippen LogP contribution in [0.4, 0.5) is 4.79 Å². The fourth-order valence-electron chi connectivity index (χ4n) is 2.02. The van der Waals surface area contributed by atoms with E-state index < -0.39 is 11.9 Å². The Balaban J connectivity index is 2.28. The molecule has 1 aromatic heterocycles. The van der Waals surface area contributed by atoms with Gasteiger partial charge in [-0.3, -0.25) is 14.7 Å². The minimum Gasteiger partial charge on any atom is -0.496 e. The van der Waals surface area contributed by atoms with E-state index in [0.29, 0.717) is 23.3 Å². The van der Waals surface area contributed by atoms with Gasteiger partial charge in [0.25, 0.3) is 0 Å². The molecule has 0 radical (unpaired) electrons. The number of imide groups is 1. The molecule has 2 rings (SSSR count). The van der Waals surface area contributed by atoms with Crippen LogP contribution in [0.1, 0.15) is 0 Å². The van der Waals surface area contributed by atoms with Crippen LogP contribution in [0.3, 0.4) is 0 Å². The van der Waals surface area contributed by atoms with Crippen LogP contribution in [0.25, 0.3) is 11.4 Å². The lowest BCUT2D eigenvalue weighted by Crippen LogP contribution is -2.36. The van der Waals surface area contributed by atoms with Crippen molar-refractivity contribution in [3.8, 4) is 17.1 Å². The Bertz CT molecular complexity index is 759. The van der Waals surface area contributed by atoms with Crippen molar-refractivity contribution in [2.75, 3.05) is 12.9 Å². The number of rotatable bonds is 7. The van der Waals surface area contributed by atoms with Crippen LogP contribution in [0.15, 0.2) is 42.1 Å². The second-order valence-electron chi connectivity index (χ2n) is 4.61. The Morgan fingerprint density at radius 3 is 2.83 bits per heavy atom. The van der Waals surface area contributed by atoms with Crippen LogP contribution in [0.2, 0.25) is 0 Å². The molecule has 0 aliphatic heterocycles. The highest BCUT2D eigenvalue weighted by molar-refractivity contribution is 7.99. The fourth-order valence-corrected chi connectivity index (χ4v) is 2.77. The van der Waals surface area contributed by atoms with Crippen LogP contribution in [0.5, 0.6) is 5.75 Å². The average molecular weight is 347 g/mol. The van der Waals surface area contributed by atoms with E-state index in [2.05, 4.69) is 16.8 Å². The lowest BCUT2D eigenvalue weighted by Gasteiger charge is -2.10. The van der Waals surface area contributed by atoms with Gasteiger partial charge in [0.05, 0.1) is 18.4 Å². The number of allylic oxidation sites excluding steroid dienone is 1. The summed E-state index contributed by atoms with van der Waals surface area (Å²) >= 11 is 1.15. The smallest absolute Gasteiger partial charge is 0.318 e. The Kier molecular flexibility index (Phi) is 5.96. The predicted octanol–water partition coefficient (Wildman–Crippen LogP) is 1.43. The molecule has 0 saturated carbocycles. The molecule has 0 bridgehead atoms. The molecule has 9 heteroatoms. The Hall–Kier alpha value is -2.81. The molecule has 1 aromatic carbocycles. The number of benzene rings is 1. The van der Waals surface area contributed by atoms with E-state index in [1.165, 1.54) is 0 Å². The van der Waals surface area contributed by atoms with Crippen LogP contribution >= 0.6 is 11.8 Å². The second kappa shape index (κ2) is 8.16. The number of amides is 3. The third-order valence-electron chi connectivity index (χ3n) is 2.97. The summed E-state index contributed by atoms with van der Waals surface area (Å²) in [4.78, 5) is 22.2. The molecular weight excluding hydrogens is 330 g/mol. The maximum atomic E-state index is 11.5. The molecule has 0 aliphatic carbocycles. The molecule has 3 N–H and O–H groups in total. The molecule has 2 aromatic rings. The molecule has 0 fully saturated rings. The number of aromatic nitrogens is 3. The summed E-state index contributed by atoms with van der Waals surface area (Å²) < 4.78 is 7.17. The van der Waals surface area contributed by atoms with E-state index in [-0.39, 0.29) is 5.75 Å². The van der Waals surface area contributed by atoms with E-state index in [4.69, 9.17) is 10.5 Å². The average Bonchev–Trinajstić information content (AvgIpc) is 2.95. The standard InChI is InChI=1S/C15H17N5O3S/c1-3-8-20-13(10-6-4-5-7-11(10)23-2)18-19-15(20)24-9-12(21)17-14(16)22/h3-7H,1,8-9H2,2H3,(H3,16,17,21,22). The van der Waals surface area contributed by atoms with E-state index in [1.54, 1.807) is 13.2 Å². The first kappa shape index (κ1) is 17.5. The number of urea groups is 1. The summed E-state index contributed by atoms with van der Waals surface area (Å²) in [5, 5.41) is 10.8. The fraction of sp³-hybridized carbons (Fsp3) is 0.200. The number of carbonyl (C=O) groups is 2. The summed E-state index contributed by atoms with van der Waals surface area (Å²) in [7, 11) is 1.58. The minimum absolute atomic E-state index is 0.00978. The number of hydrogen-bond donors (Lipinski definition) is 2. The van der Waals surface area contributed by atoms with E-state index in [0.717, 1.165) is 17.3 Å². The summed E-state index contributed by atoms with van der Waals surface area (Å²) in [5.41, 5.74) is 5.69. The maximum Gasteiger partial charge on any atom is 0.318 e. The first-order chi connectivity index (χ1) is 11.6. The van der Waals surface area contributed by atoms with Crippen molar-refractivity contribution in [1.29, 1.82) is 0 Å². The van der Waals surface area contributed by atoms with Gasteiger partial charge < -0.3 is 10.5 Å². The van der Waals surface area contributed by atoms with Crippen LogP contribution in [-0.4, -0.2) is 39.6 Å². The van der Waals surface area contributed by atoms with Crippen molar-refractivity contribution in [2.24, 2.45) is 5.73 Å². The van der Waals surface area contributed by atoms with Crippen molar-refractivity contribution >= 4 is 23.7 Å². The number of primary amides is 1. The molecule has 0 unspecified atom stereocenters. The van der Waals surface area contributed by atoms with E-state index in [9.17, 15) is 9.59 Å². The highest BCUT2D eigenvalue weighted by Crippen LogP contribution is 2.30. The van der Waals surface area contributed by atoms with Gasteiger partial charge in [-0.25, -0.2) is 4.79 Å². The van der Waals surface area contributed by atoms with Crippen LogP contribution in [-0.2, 0) is 11.3 Å². The topological polar surface area (TPSA) is 112 Å². The zero-order valence-electron chi connectivity index (χ0n) is 13.1. The van der Waals surface area contributed by atoms with Gasteiger partial charge in [0, 0.05) is 6.54 Å².